The standard InChI is InChI=1S/C22H28O2Si/c1-19(15-16-20-11-7-5-8-12-20)25(3,4)18-24-17-22(23-2)21-13-9-6-10-14-21/h5-14,16,22H,17-18H2,1-4H3/t15?,22-/m1/s1. The van der Waals surface area contributed by atoms with Gasteiger partial charge in [-0.2, -0.15) is 0 Å². The van der Waals surface area contributed by atoms with Crippen LogP contribution in [0.2, 0.25) is 13.1 Å². The van der Waals surface area contributed by atoms with Crippen LogP contribution in [0.5, 0.6) is 0 Å². The minimum absolute atomic E-state index is 0.0184. The van der Waals surface area contributed by atoms with E-state index < -0.39 is 8.07 Å². The molecule has 0 amide bonds. The summed E-state index contributed by atoms with van der Waals surface area (Å²) in [6.07, 6.45) is 2.81. The van der Waals surface area contributed by atoms with Crippen LogP contribution in [0.4, 0.5) is 0 Å². The van der Waals surface area contributed by atoms with Gasteiger partial charge in [-0.15, -0.1) is 5.73 Å². The predicted molar refractivity (Wildman–Crippen MR) is 108 cm³/mol. The van der Waals surface area contributed by atoms with Crippen molar-refractivity contribution in [2.75, 3.05) is 19.9 Å². The van der Waals surface area contributed by atoms with Gasteiger partial charge in [0, 0.05) is 13.3 Å². The minimum Gasteiger partial charge on any atom is -0.381 e. The Kier molecular flexibility index (Phi) is 7.42. The Morgan fingerprint density at radius 3 is 2.24 bits per heavy atom. The average molecular weight is 353 g/mol. The third-order valence-corrected chi connectivity index (χ3v) is 7.56. The molecule has 0 aliphatic rings. The second kappa shape index (κ2) is 9.55. The van der Waals surface area contributed by atoms with Crippen molar-refractivity contribution >= 4 is 14.1 Å². The van der Waals surface area contributed by atoms with E-state index in [-0.39, 0.29) is 6.10 Å². The molecule has 25 heavy (non-hydrogen) atoms. The lowest BCUT2D eigenvalue weighted by atomic mass is 10.1. The van der Waals surface area contributed by atoms with Gasteiger partial charge in [0.2, 0.25) is 0 Å². The first-order chi connectivity index (χ1) is 12.0. The summed E-state index contributed by atoms with van der Waals surface area (Å²) in [5.41, 5.74) is 5.80. The molecule has 0 saturated carbocycles. The summed E-state index contributed by atoms with van der Waals surface area (Å²) in [7, 11) is 0.0889. The van der Waals surface area contributed by atoms with Crippen LogP contribution >= 0.6 is 0 Å². The monoisotopic (exact) mass is 352 g/mol. The predicted octanol–water partition coefficient (Wildman–Crippen LogP) is 5.44. The van der Waals surface area contributed by atoms with Crippen LogP contribution in [-0.4, -0.2) is 28.0 Å². The molecule has 3 heteroatoms. The normalized spacial score (nSPS) is 12.3. The molecule has 0 unspecified atom stereocenters. The molecule has 0 fully saturated rings. The molecule has 0 N–H and O–H groups in total. The van der Waals surface area contributed by atoms with E-state index in [0.717, 1.165) is 11.8 Å². The number of hydrogen-bond acceptors (Lipinski definition) is 2. The molecule has 132 valence electrons. The second-order valence-corrected chi connectivity index (χ2v) is 11.7. The van der Waals surface area contributed by atoms with Crippen molar-refractivity contribution in [2.24, 2.45) is 0 Å². The third kappa shape index (κ3) is 6.15. The third-order valence-electron chi connectivity index (χ3n) is 4.46. The molecule has 0 bridgehead atoms. The smallest absolute Gasteiger partial charge is 0.114 e. The van der Waals surface area contributed by atoms with Gasteiger partial charge in [-0.3, -0.25) is 0 Å². The Morgan fingerprint density at radius 2 is 1.64 bits per heavy atom. The van der Waals surface area contributed by atoms with Gasteiger partial charge in [0.25, 0.3) is 0 Å². The van der Waals surface area contributed by atoms with Crippen LogP contribution in [0, 0.1) is 0 Å². The topological polar surface area (TPSA) is 18.5 Å². The van der Waals surface area contributed by atoms with Crippen molar-refractivity contribution in [3.8, 4) is 0 Å². The highest BCUT2D eigenvalue weighted by Gasteiger charge is 2.24. The molecule has 2 aromatic rings. The van der Waals surface area contributed by atoms with E-state index in [1.807, 2.05) is 36.4 Å². The molecule has 0 aliphatic carbocycles. The fraction of sp³-hybridized carbons (Fsp3) is 0.318. The lowest BCUT2D eigenvalue weighted by Gasteiger charge is -2.24. The van der Waals surface area contributed by atoms with Gasteiger partial charge in [-0.25, -0.2) is 0 Å². The first kappa shape index (κ1) is 19.4. The summed E-state index contributed by atoms with van der Waals surface area (Å²) in [4.78, 5) is 0. The number of ether oxygens (including phenoxy) is 2. The van der Waals surface area contributed by atoms with Gasteiger partial charge in [0.05, 0.1) is 6.61 Å². The Labute approximate surface area is 152 Å². The van der Waals surface area contributed by atoms with Gasteiger partial charge in [-0.1, -0.05) is 73.8 Å². The molecule has 1 atom stereocenters. The molecule has 0 saturated heterocycles. The van der Waals surface area contributed by atoms with Crippen molar-refractivity contribution in [1.82, 2.24) is 0 Å². The fourth-order valence-electron chi connectivity index (χ4n) is 2.43. The molecule has 0 aliphatic heterocycles. The van der Waals surface area contributed by atoms with E-state index in [1.54, 1.807) is 7.11 Å². The number of methoxy groups -OCH3 is 1. The summed E-state index contributed by atoms with van der Waals surface area (Å²) in [5.74, 6) is 0. The lowest BCUT2D eigenvalue weighted by molar-refractivity contribution is 0.0199. The zero-order chi connectivity index (χ0) is 18.1. The molecule has 2 aromatic carbocycles. The first-order valence-corrected chi connectivity index (χ1v) is 11.9. The van der Waals surface area contributed by atoms with Crippen molar-refractivity contribution in [1.29, 1.82) is 0 Å². The molecule has 2 rings (SSSR count). The van der Waals surface area contributed by atoms with Crippen molar-refractivity contribution < 1.29 is 9.47 Å². The van der Waals surface area contributed by atoms with Crippen LogP contribution in [0.15, 0.2) is 71.6 Å². The van der Waals surface area contributed by atoms with Crippen LogP contribution in [0.25, 0.3) is 6.08 Å². The van der Waals surface area contributed by atoms with Crippen LogP contribution in [-0.2, 0) is 9.47 Å². The van der Waals surface area contributed by atoms with E-state index in [0.29, 0.717) is 6.61 Å². The molecule has 0 aromatic heterocycles. The first-order valence-electron chi connectivity index (χ1n) is 8.67. The summed E-state index contributed by atoms with van der Waals surface area (Å²) < 4.78 is 11.6. The minimum atomic E-state index is -1.64. The van der Waals surface area contributed by atoms with Gasteiger partial charge >= 0.3 is 0 Å². The Bertz CT molecular complexity index is 701. The molecule has 0 radical (unpaired) electrons. The van der Waals surface area contributed by atoms with E-state index in [1.165, 1.54) is 10.8 Å². The maximum Gasteiger partial charge on any atom is 0.114 e. The average Bonchev–Trinajstić information content (AvgIpc) is 2.64. The SMILES string of the molecule is CO[C@H](COC[Si](C)(C)C(C)=C=Cc1ccccc1)c1ccccc1. The Balaban J connectivity index is 1.95. The van der Waals surface area contributed by atoms with E-state index in [9.17, 15) is 0 Å². The van der Waals surface area contributed by atoms with E-state index >= 15 is 0 Å². The largest absolute Gasteiger partial charge is 0.381 e. The highest BCUT2D eigenvalue weighted by atomic mass is 28.3. The summed E-state index contributed by atoms with van der Waals surface area (Å²) in [6, 6.07) is 20.5. The van der Waals surface area contributed by atoms with Crippen LogP contribution in [0.3, 0.4) is 0 Å². The summed E-state index contributed by atoms with van der Waals surface area (Å²) >= 11 is 0. The summed E-state index contributed by atoms with van der Waals surface area (Å²) in [5, 5.41) is 1.31. The van der Waals surface area contributed by atoms with E-state index in [2.05, 4.69) is 56.1 Å². The van der Waals surface area contributed by atoms with E-state index in [4.69, 9.17) is 9.47 Å². The zero-order valence-electron chi connectivity index (χ0n) is 15.7. The Hall–Kier alpha value is -1.90. The quantitative estimate of drug-likeness (QED) is 0.465. The van der Waals surface area contributed by atoms with Crippen LogP contribution in [0.1, 0.15) is 24.2 Å². The molecular weight excluding hydrogens is 324 g/mol. The van der Waals surface area contributed by atoms with Gasteiger partial charge in [0.15, 0.2) is 0 Å². The van der Waals surface area contributed by atoms with Gasteiger partial charge in [-0.05, 0) is 29.3 Å². The molecular formula is C22H28O2Si. The number of hydrogen-bond donors (Lipinski definition) is 0. The molecule has 0 heterocycles. The zero-order valence-corrected chi connectivity index (χ0v) is 16.7. The van der Waals surface area contributed by atoms with Crippen molar-refractivity contribution in [3.05, 3.63) is 82.7 Å². The number of benzene rings is 2. The van der Waals surface area contributed by atoms with Gasteiger partial charge < -0.3 is 9.47 Å². The Morgan fingerprint density at radius 1 is 1.04 bits per heavy atom. The highest BCUT2D eigenvalue weighted by Crippen LogP contribution is 2.19. The summed E-state index contributed by atoms with van der Waals surface area (Å²) in [6.45, 7) is 7.38. The molecule has 0 spiro atoms. The highest BCUT2D eigenvalue weighted by molar-refractivity contribution is 6.84. The van der Waals surface area contributed by atoms with Crippen molar-refractivity contribution in [3.63, 3.8) is 0 Å². The second-order valence-electron chi connectivity index (χ2n) is 6.86. The maximum absolute atomic E-state index is 6.04. The van der Waals surface area contributed by atoms with Crippen LogP contribution < -0.4 is 0 Å². The maximum atomic E-state index is 6.04. The van der Waals surface area contributed by atoms with Gasteiger partial charge in [0.1, 0.15) is 14.2 Å². The number of allylic oxidation sites excluding steroid dienone is 1. The lowest BCUT2D eigenvalue weighted by Crippen LogP contribution is -2.35. The fourth-order valence-corrected chi connectivity index (χ4v) is 3.74. The molecule has 2 nitrogen and oxygen atoms in total. The van der Waals surface area contributed by atoms with Crippen molar-refractivity contribution in [2.45, 2.75) is 26.1 Å². The number of rotatable bonds is 8.